The number of hydrogen-bond acceptors (Lipinski definition) is 4. The number of halogens is 1. The van der Waals surface area contributed by atoms with Crippen molar-refractivity contribution in [3.05, 3.63) is 70.4 Å². The number of para-hydroxylation sites is 1. The van der Waals surface area contributed by atoms with Crippen molar-refractivity contribution in [3.63, 3.8) is 0 Å². The summed E-state index contributed by atoms with van der Waals surface area (Å²) in [4.78, 5) is 39.4. The highest BCUT2D eigenvalue weighted by molar-refractivity contribution is 6.30. The molecule has 0 saturated carbocycles. The van der Waals surface area contributed by atoms with Gasteiger partial charge in [0.05, 0.1) is 6.42 Å². The molecule has 0 saturated heterocycles. The van der Waals surface area contributed by atoms with Gasteiger partial charge >= 0.3 is 5.97 Å². The molecule has 2 aromatic carbocycles. The maximum Gasteiger partial charge on any atom is 0.308 e. The second kappa shape index (κ2) is 8.71. The third-order valence-electron chi connectivity index (χ3n) is 4.26. The van der Waals surface area contributed by atoms with Gasteiger partial charge in [-0.3, -0.25) is 14.4 Å². The number of benzene rings is 2. The summed E-state index contributed by atoms with van der Waals surface area (Å²) in [6, 6.07) is 13.9. The van der Waals surface area contributed by atoms with Crippen molar-refractivity contribution in [2.45, 2.75) is 13.3 Å². The zero-order chi connectivity index (χ0) is 20.1. The van der Waals surface area contributed by atoms with E-state index in [1.165, 1.54) is 0 Å². The number of H-pyrrole nitrogens is 1. The summed E-state index contributed by atoms with van der Waals surface area (Å²) < 4.78 is 5.06. The third-order valence-corrected chi connectivity index (χ3v) is 4.51. The average Bonchev–Trinajstić information content (AvgIpc) is 3.02. The molecule has 3 aromatic rings. The van der Waals surface area contributed by atoms with Gasteiger partial charge < -0.3 is 15.0 Å². The summed E-state index contributed by atoms with van der Waals surface area (Å²) in [6.45, 7) is 1.58. The molecule has 0 fully saturated rings. The number of carbonyl (C=O) groups is 3. The lowest BCUT2D eigenvalue weighted by atomic mass is 10.1. The molecule has 0 aliphatic heterocycles. The standard InChI is InChI=1S/C21H19ClN2O4/c1-13-20(16-4-2-3-5-17(16)24-13)18(25)12-28-19(26)10-11-23-21(27)14-6-8-15(22)9-7-14/h2-9,24H,10-12H2,1H3,(H,23,27). The molecule has 7 heteroatoms. The van der Waals surface area contributed by atoms with Gasteiger partial charge in [-0.25, -0.2) is 0 Å². The number of ketones is 1. The Hall–Kier alpha value is -3.12. The van der Waals surface area contributed by atoms with Crippen molar-refractivity contribution in [1.82, 2.24) is 10.3 Å². The van der Waals surface area contributed by atoms with Gasteiger partial charge in [0.15, 0.2) is 6.61 Å². The number of nitrogens with one attached hydrogen (secondary N) is 2. The summed E-state index contributed by atoms with van der Waals surface area (Å²) in [5.74, 6) is -1.13. The summed E-state index contributed by atoms with van der Waals surface area (Å²) in [5.41, 5.74) is 2.57. The van der Waals surface area contributed by atoms with Gasteiger partial charge in [-0.1, -0.05) is 29.8 Å². The first kappa shape index (κ1) is 19.6. The molecule has 1 aromatic heterocycles. The number of fused-ring (bicyclic) bond motifs is 1. The van der Waals surface area contributed by atoms with Crippen LogP contribution in [0.5, 0.6) is 0 Å². The first-order chi connectivity index (χ1) is 13.5. The number of aromatic nitrogens is 1. The Labute approximate surface area is 166 Å². The van der Waals surface area contributed by atoms with E-state index >= 15 is 0 Å². The molecule has 144 valence electrons. The SMILES string of the molecule is Cc1[nH]c2ccccc2c1C(=O)COC(=O)CCNC(=O)c1ccc(Cl)cc1. The predicted octanol–water partition coefficient (Wildman–Crippen LogP) is 3.68. The third kappa shape index (κ3) is 4.58. The van der Waals surface area contributed by atoms with E-state index in [0.717, 1.165) is 16.6 Å². The number of esters is 1. The van der Waals surface area contributed by atoms with Crippen molar-refractivity contribution in [2.75, 3.05) is 13.2 Å². The van der Waals surface area contributed by atoms with Gasteiger partial charge in [0.2, 0.25) is 5.78 Å². The van der Waals surface area contributed by atoms with Crippen LogP contribution in [0.3, 0.4) is 0 Å². The number of hydrogen-bond donors (Lipinski definition) is 2. The summed E-state index contributed by atoms with van der Waals surface area (Å²) in [6.07, 6.45) is -0.0283. The highest BCUT2D eigenvalue weighted by Gasteiger charge is 2.17. The Morgan fingerprint density at radius 2 is 1.79 bits per heavy atom. The molecule has 0 unspecified atom stereocenters. The molecule has 1 heterocycles. The van der Waals surface area contributed by atoms with Crippen molar-refractivity contribution in [1.29, 1.82) is 0 Å². The van der Waals surface area contributed by atoms with Crippen molar-refractivity contribution in [2.24, 2.45) is 0 Å². The molecule has 0 spiro atoms. The van der Waals surface area contributed by atoms with Crippen molar-refractivity contribution in [3.8, 4) is 0 Å². The lowest BCUT2D eigenvalue weighted by molar-refractivity contribution is -0.142. The topological polar surface area (TPSA) is 88.3 Å². The van der Waals surface area contributed by atoms with Crippen LogP contribution in [0.25, 0.3) is 10.9 Å². The minimum atomic E-state index is -0.553. The van der Waals surface area contributed by atoms with Crippen LogP contribution in [-0.2, 0) is 9.53 Å². The molecule has 28 heavy (non-hydrogen) atoms. The van der Waals surface area contributed by atoms with Crippen LogP contribution in [0.4, 0.5) is 0 Å². The number of aryl methyl sites for hydroxylation is 1. The molecule has 0 radical (unpaired) electrons. The largest absolute Gasteiger partial charge is 0.457 e. The van der Waals surface area contributed by atoms with Crippen LogP contribution >= 0.6 is 11.6 Å². The van der Waals surface area contributed by atoms with E-state index in [-0.39, 0.29) is 31.3 Å². The fourth-order valence-corrected chi connectivity index (χ4v) is 3.03. The molecule has 2 N–H and O–H groups in total. The van der Waals surface area contributed by atoms with E-state index in [0.29, 0.717) is 16.1 Å². The maximum atomic E-state index is 12.5. The summed E-state index contributed by atoms with van der Waals surface area (Å²) >= 11 is 5.78. The molecule has 3 rings (SSSR count). The van der Waals surface area contributed by atoms with Crippen molar-refractivity contribution < 1.29 is 19.1 Å². The van der Waals surface area contributed by atoms with Crippen LogP contribution in [0.1, 0.15) is 32.8 Å². The zero-order valence-corrected chi connectivity index (χ0v) is 16.0. The highest BCUT2D eigenvalue weighted by Crippen LogP contribution is 2.22. The summed E-state index contributed by atoms with van der Waals surface area (Å²) in [5, 5.41) is 3.96. The normalized spacial score (nSPS) is 10.6. The Bertz CT molecular complexity index is 1020. The number of Topliss-reactive ketones (excluding diaryl/α,β-unsaturated/α-hetero) is 1. The van der Waals surface area contributed by atoms with Crippen LogP contribution < -0.4 is 5.32 Å². The molecular weight excluding hydrogens is 380 g/mol. The van der Waals surface area contributed by atoms with Gasteiger partial charge in [-0.2, -0.15) is 0 Å². The van der Waals surface area contributed by atoms with E-state index in [1.54, 1.807) is 31.2 Å². The van der Waals surface area contributed by atoms with Crippen LogP contribution in [-0.4, -0.2) is 35.8 Å². The number of amides is 1. The second-order valence-electron chi connectivity index (χ2n) is 6.27. The Kier molecular flexibility index (Phi) is 6.11. The summed E-state index contributed by atoms with van der Waals surface area (Å²) in [7, 11) is 0. The smallest absolute Gasteiger partial charge is 0.308 e. The highest BCUT2D eigenvalue weighted by atomic mass is 35.5. The number of rotatable bonds is 7. The van der Waals surface area contributed by atoms with Crippen LogP contribution in [0.15, 0.2) is 48.5 Å². The predicted molar refractivity (Wildman–Crippen MR) is 107 cm³/mol. The lowest BCUT2D eigenvalue weighted by Gasteiger charge is -2.07. The van der Waals surface area contributed by atoms with Gasteiger partial charge in [0.25, 0.3) is 5.91 Å². The monoisotopic (exact) mass is 398 g/mol. The minimum Gasteiger partial charge on any atom is -0.457 e. The van der Waals surface area contributed by atoms with Gasteiger partial charge in [-0.15, -0.1) is 0 Å². The first-order valence-corrected chi connectivity index (χ1v) is 9.13. The molecule has 1 amide bonds. The van der Waals surface area contributed by atoms with Gasteiger partial charge in [-0.05, 0) is 37.3 Å². The first-order valence-electron chi connectivity index (χ1n) is 8.75. The molecule has 0 atom stereocenters. The molecular formula is C21H19ClN2O4. The lowest BCUT2D eigenvalue weighted by Crippen LogP contribution is -2.27. The number of carbonyl (C=O) groups excluding carboxylic acids is 3. The van der Waals surface area contributed by atoms with Crippen LogP contribution in [0, 0.1) is 6.92 Å². The van der Waals surface area contributed by atoms with Crippen LogP contribution in [0.2, 0.25) is 5.02 Å². The fraction of sp³-hybridized carbons (Fsp3) is 0.190. The van der Waals surface area contributed by atoms with E-state index in [9.17, 15) is 14.4 Å². The van der Waals surface area contributed by atoms with E-state index < -0.39 is 5.97 Å². The number of ether oxygens (including phenoxy) is 1. The molecule has 6 nitrogen and oxygen atoms in total. The molecule has 0 aliphatic rings. The van der Waals surface area contributed by atoms with Crippen molar-refractivity contribution >= 4 is 40.2 Å². The Balaban J connectivity index is 1.47. The van der Waals surface area contributed by atoms with E-state index in [4.69, 9.17) is 16.3 Å². The number of aromatic amines is 1. The average molecular weight is 399 g/mol. The Morgan fingerprint density at radius 3 is 2.54 bits per heavy atom. The van der Waals surface area contributed by atoms with Gasteiger partial charge in [0.1, 0.15) is 0 Å². The molecule has 0 bridgehead atoms. The second-order valence-corrected chi connectivity index (χ2v) is 6.70. The van der Waals surface area contributed by atoms with E-state index in [2.05, 4.69) is 10.3 Å². The quantitative estimate of drug-likeness (QED) is 0.469. The molecule has 0 aliphatic carbocycles. The van der Waals surface area contributed by atoms with Gasteiger partial charge in [0, 0.05) is 39.3 Å². The minimum absolute atomic E-state index is 0.0283. The zero-order valence-electron chi connectivity index (χ0n) is 15.3. The Morgan fingerprint density at radius 1 is 1.07 bits per heavy atom. The fourth-order valence-electron chi connectivity index (χ4n) is 2.91. The maximum absolute atomic E-state index is 12.5. The van der Waals surface area contributed by atoms with E-state index in [1.807, 2.05) is 24.3 Å².